The Morgan fingerprint density at radius 1 is 1.20 bits per heavy atom. The summed E-state index contributed by atoms with van der Waals surface area (Å²) in [5.74, 6) is 0.447. The van der Waals surface area contributed by atoms with Gasteiger partial charge < -0.3 is 4.90 Å². The van der Waals surface area contributed by atoms with Crippen molar-refractivity contribution in [1.82, 2.24) is 15.0 Å². The van der Waals surface area contributed by atoms with E-state index in [0.717, 1.165) is 5.56 Å². The van der Waals surface area contributed by atoms with E-state index in [1.807, 2.05) is 23.1 Å². The van der Waals surface area contributed by atoms with Crippen molar-refractivity contribution in [3.63, 3.8) is 0 Å². The van der Waals surface area contributed by atoms with Gasteiger partial charge in [0.15, 0.2) is 0 Å². The van der Waals surface area contributed by atoms with Gasteiger partial charge in [-0.05, 0) is 17.7 Å². The lowest BCUT2D eigenvalue weighted by Gasteiger charge is -2.21. The fraction of sp³-hybridized carbons (Fsp3) is 0.214. The van der Waals surface area contributed by atoms with E-state index in [1.54, 1.807) is 24.7 Å². The van der Waals surface area contributed by atoms with Crippen LogP contribution >= 0.6 is 0 Å². The van der Waals surface area contributed by atoms with E-state index in [0.29, 0.717) is 31.2 Å². The summed E-state index contributed by atoms with van der Waals surface area (Å²) in [6.07, 6.45) is 5.37. The van der Waals surface area contributed by atoms with E-state index in [9.17, 15) is 0 Å². The predicted molar refractivity (Wildman–Crippen MR) is 72.3 cm³/mol. The van der Waals surface area contributed by atoms with E-state index >= 15 is 0 Å². The minimum Gasteiger partial charge on any atom is -0.335 e. The van der Waals surface area contributed by atoms with Crippen molar-refractivity contribution in [3.8, 4) is 12.1 Å². The highest BCUT2D eigenvalue weighted by Crippen LogP contribution is 2.12. The maximum absolute atomic E-state index is 8.89. The van der Waals surface area contributed by atoms with E-state index in [1.165, 1.54) is 0 Å². The van der Waals surface area contributed by atoms with Crippen LogP contribution in [0.1, 0.15) is 17.7 Å². The van der Waals surface area contributed by atoms with E-state index < -0.39 is 0 Å². The average molecular weight is 264 g/mol. The molecule has 98 valence electrons. The molecule has 6 nitrogen and oxygen atoms in total. The van der Waals surface area contributed by atoms with Gasteiger partial charge in [-0.1, -0.05) is 6.07 Å². The second kappa shape index (κ2) is 6.81. The molecule has 0 saturated carbocycles. The molecule has 0 radical (unpaired) electrons. The summed E-state index contributed by atoms with van der Waals surface area (Å²) in [5.41, 5.74) is 1.31. The molecule has 20 heavy (non-hydrogen) atoms. The Labute approximate surface area is 117 Å². The Balaban J connectivity index is 2.23. The Morgan fingerprint density at radius 2 is 2.10 bits per heavy atom. The third-order valence-electron chi connectivity index (χ3n) is 2.63. The van der Waals surface area contributed by atoms with Gasteiger partial charge in [0.25, 0.3) is 0 Å². The van der Waals surface area contributed by atoms with Crippen molar-refractivity contribution < 1.29 is 0 Å². The minimum absolute atomic E-state index is 0.308. The van der Waals surface area contributed by atoms with Crippen LogP contribution < -0.4 is 4.90 Å². The molecule has 0 unspecified atom stereocenters. The molecule has 2 aromatic heterocycles. The number of rotatable bonds is 5. The summed E-state index contributed by atoms with van der Waals surface area (Å²) >= 11 is 0. The molecular weight excluding hydrogens is 252 g/mol. The molecule has 0 aliphatic heterocycles. The summed E-state index contributed by atoms with van der Waals surface area (Å²) in [7, 11) is 0. The largest absolute Gasteiger partial charge is 0.335 e. The van der Waals surface area contributed by atoms with Gasteiger partial charge in [-0.2, -0.15) is 10.5 Å². The highest BCUT2D eigenvalue weighted by Gasteiger charge is 2.11. The zero-order chi connectivity index (χ0) is 14.2. The highest BCUT2D eigenvalue weighted by atomic mass is 15.2. The molecule has 2 rings (SSSR count). The lowest BCUT2D eigenvalue weighted by atomic mass is 10.2. The van der Waals surface area contributed by atoms with Crippen LogP contribution in [0.15, 0.2) is 36.8 Å². The van der Waals surface area contributed by atoms with Gasteiger partial charge in [0, 0.05) is 31.7 Å². The van der Waals surface area contributed by atoms with Crippen molar-refractivity contribution >= 4 is 5.95 Å². The van der Waals surface area contributed by atoms with Crippen molar-refractivity contribution in [2.24, 2.45) is 0 Å². The molecule has 2 aromatic rings. The Kier molecular flexibility index (Phi) is 4.58. The quantitative estimate of drug-likeness (QED) is 0.815. The summed E-state index contributed by atoms with van der Waals surface area (Å²) in [6.45, 7) is 1.05. The Hall–Kier alpha value is -2.99. The molecular formula is C14H12N6. The normalized spacial score (nSPS) is 9.50. The fourth-order valence-electron chi connectivity index (χ4n) is 1.71. The highest BCUT2D eigenvalue weighted by molar-refractivity contribution is 5.35. The standard InChI is InChI=1S/C14H12N6/c15-5-2-8-20(11-12-3-1-6-17-10-12)14-18-7-4-13(9-16)19-14/h1,3-4,6-7,10H,2,8,11H2. The van der Waals surface area contributed by atoms with Crippen LogP contribution in [0.25, 0.3) is 0 Å². The van der Waals surface area contributed by atoms with E-state index in [2.05, 4.69) is 21.0 Å². The van der Waals surface area contributed by atoms with Gasteiger partial charge in [0.1, 0.15) is 11.8 Å². The molecule has 0 N–H and O–H groups in total. The topological polar surface area (TPSA) is 89.5 Å². The number of hydrogen-bond acceptors (Lipinski definition) is 6. The number of nitrogens with zero attached hydrogens (tertiary/aromatic N) is 6. The van der Waals surface area contributed by atoms with Gasteiger partial charge in [0.2, 0.25) is 5.95 Å². The SMILES string of the molecule is N#CCCN(Cc1cccnc1)c1nccc(C#N)n1. The second-order valence-electron chi connectivity index (χ2n) is 4.04. The third kappa shape index (κ3) is 3.50. The molecule has 6 heteroatoms. The Morgan fingerprint density at radius 3 is 2.80 bits per heavy atom. The first-order valence-electron chi connectivity index (χ1n) is 6.07. The van der Waals surface area contributed by atoms with Crippen LogP contribution in [0.2, 0.25) is 0 Å². The molecule has 0 amide bonds. The van der Waals surface area contributed by atoms with Crippen LogP contribution in [0.4, 0.5) is 5.95 Å². The maximum atomic E-state index is 8.89. The van der Waals surface area contributed by atoms with Crippen molar-refractivity contribution in [2.45, 2.75) is 13.0 Å². The van der Waals surface area contributed by atoms with Crippen molar-refractivity contribution in [2.75, 3.05) is 11.4 Å². The van der Waals surface area contributed by atoms with Gasteiger partial charge in [-0.25, -0.2) is 9.97 Å². The summed E-state index contributed by atoms with van der Waals surface area (Å²) < 4.78 is 0. The van der Waals surface area contributed by atoms with Crippen LogP contribution in [0.3, 0.4) is 0 Å². The zero-order valence-electron chi connectivity index (χ0n) is 10.8. The number of hydrogen-bond donors (Lipinski definition) is 0. The number of pyridine rings is 1. The monoisotopic (exact) mass is 264 g/mol. The summed E-state index contributed by atoms with van der Waals surface area (Å²) in [4.78, 5) is 14.3. The molecule has 2 heterocycles. The lowest BCUT2D eigenvalue weighted by molar-refractivity contribution is 0.760. The van der Waals surface area contributed by atoms with Gasteiger partial charge in [-0.15, -0.1) is 0 Å². The number of aromatic nitrogens is 3. The van der Waals surface area contributed by atoms with Crippen LogP contribution in [0, 0.1) is 22.7 Å². The first-order valence-corrected chi connectivity index (χ1v) is 6.07. The fourth-order valence-corrected chi connectivity index (χ4v) is 1.71. The molecule has 0 saturated heterocycles. The zero-order valence-corrected chi connectivity index (χ0v) is 10.8. The molecule has 0 aromatic carbocycles. The predicted octanol–water partition coefficient (Wildman–Crippen LogP) is 1.66. The molecule has 0 aliphatic carbocycles. The smallest absolute Gasteiger partial charge is 0.226 e. The number of anilines is 1. The number of nitriles is 2. The summed E-state index contributed by atoms with van der Waals surface area (Å²) in [6, 6.07) is 9.44. The lowest BCUT2D eigenvalue weighted by Crippen LogP contribution is -2.26. The van der Waals surface area contributed by atoms with Crippen molar-refractivity contribution in [3.05, 3.63) is 48.0 Å². The van der Waals surface area contributed by atoms with Crippen LogP contribution in [0.5, 0.6) is 0 Å². The van der Waals surface area contributed by atoms with Crippen molar-refractivity contribution in [1.29, 1.82) is 10.5 Å². The maximum Gasteiger partial charge on any atom is 0.226 e. The van der Waals surface area contributed by atoms with E-state index in [4.69, 9.17) is 10.5 Å². The molecule has 0 spiro atoms. The summed E-state index contributed by atoms with van der Waals surface area (Å²) in [5, 5.41) is 17.6. The minimum atomic E-state index is 0.308. The first kappa shape index (κ1) is 13.4. The van der Waals surface area contributed by atoms with Crippen LogP contribution in [-0.4, -0.2) is 21.5 Å². The first-order chi connectivity index (χ1) is 9.83. The van der Waals surface area contributed by atoms with E-state index in [-0.39, 0.29) is 0 Å². The van der Waals surface area contributed by atoms with Gasteiger partial charge in [-0.3, -0.25) is 4.98 Å². The molecule has 0 bridgehead atoms. The molecule has 0 atom stereocenters. The second-order valence-corrected chi connectivity index (χ2v) is 4.04. The molecule has 0 aliphatic rings. The van der Waals surface area contributed by atoms with Gasteiger partial charge >= 0.3 is 0 Å². The Bertz CT molecular complexity index is 641. The van der Waals surface area contributed by atoms with Gasteiger partial charge in [0.05, 0.1) is 12.5 Å². The van der Waals surface area contributed by atoms with Crippen LogP contribution in [-0.2, 0) is 6.54 Å². The molecule has 0 fully saturated rings. The third-order valence-corrected chi connectivity index (χ3v) is 2.63. The average Bonchev–Trinajstić information content (AvgIpc) is 2.52.